The molecule has 0 atom stereocenters. The van der Waals surface area contributed by atoms with E-state index in [1.165, 1.54) is 56.5 Å². The zero-order chi connectivity index (χ0) is 21.8. The lowest BCUT2D eigenvalue weighted by molar-refractivity contribution is -0.385. The van der Waals surface area contributed by atoms with Crippen molar-refractivity contribution in [3.63, 3.8) is 0 Å². The van der Waals surface area contributed by atoms with Gasteiger partial charge in [0.05, 0.1) is 35.1 Å². The summed E-state index contributed by atoms with van der Waals surface area (Å²) in [5.41, 5.74) is 0.536. The van der Waals surface area contributed by atoms with Crippen LogP contribution in [0.4, 0.5) is 17.1 Å². The first-order valence-corrected chi connectivity index (χ1v) is 10.1. The fraction of sp³-hybridized carbons (Fsp3) is 0.222. The third kappa shape index (κ3) is 5.29. The maximum absolute atomic E-state index is 12.4. The van der Waals surface area contributed by atoms with E-state index in [4.69, 9.17) is 0 Å². The van der Waals surface area contributed by atoms with E-state index in [1.54, 1.807) is 0 Å². The number of methoxy groups -OCH3 is 1. The highest BCUT2D eigenvalue weighted by atomic mass is 32.2. The van der Waals surface area contributed by atoms with Crippen LogP contribution in [0.1, 0.15) is 15.9 Å². The second kappa shape index (κ2) is 8.69. The van der Waals surface area contributed by atoms with Crippen molar-refractivity contribution < 1.29 is 27.7 Å². The van der Waals surface area contributed by atoms with E-state index in [0.29, 0.717) is 5.69 Å². The number of rotatable bonds is 7. The summed E-state index contributed by atoms with van der Waals surface area (Å²) >= 11 is 0. The first-order valence-electron chi connectivity index (χ1n) is 8.24. The van der Waals surface area contributed by atoms with Crippen LogP contribution in [0, 0.1) is 17.0 Å². The van der Waals surface area contributed by atoms with Crippen molar-refractivity contribution in [2.45, 2.75) is 6.92 Å². The smallest absolute Gasteiger partial charge is 0.337 e. The number of amides is 1. The average Bonchev–Trinajstić information content (AvgIpc) is 2.65. The van der Waals surface area contributed by atoms with E-state index in [0.717, 1.165) is 10.6 Å². The van der Waals surface area contributed by atoms with E-state index in [2.05, 4.69) is 10.1 Å². The summed E-state index contributed by atoms with van der Waals surface area (Å²) in [5.74, 6) is -1.19. The number of benzene rings is 2. The molecule has 0 aromatic heterocycles. The molecule has 29 heavy (non-hydrogen) atoms. The van der Waals surface area contributed by atoms with Crippen LogP contribution >= 0.6 is 0 Å². The molecule has 1 N–H and O–H groups in total. The maximum atomic E-state index is 12.4. The molecule has 0 radical (unpaired) electrons. The number of ether oxygens (including phenoxy) is 1. The predicted octanol–water partition coefficient (Wildman–Crippen LogP) is 2.09. The van der Waals surface area contributed by atoms with Gasteiger partial charge in [0.25, 0.3) is 5.69 Å². The number of nitro groups is 1. The summed E-state index contributed by atoms with van der Waals surface area (Å²) in [5, 5.41) is 13.7. The number of nitrogens with one attached hydrogen (secondary N) is 1. The summed E-state index contributed by atoms with van der Waals surface area (Å²) in [6, 6.07) is 9.81. The lowest BCUT2D eigenvalue weighted by Gasteiger charge is -2.23. The van der Waals surface area contributed by atoms with Crippen LogP contribution in [0.15, 0.2) is 42.5 Å². The second-order valence-corrected chi connectivity index (χ2v) is 7.97. The van der Waals surface area contributed by atoms with Gasteiger partial charge in [0, 0.05) is 11.8 Å². The molecule has 10 nitrogen and oxygen atoms in total. The number of carbonyl (C=O) groups is 2. The highest BCUT2D eigenvalue weighted by Gasteiger charge is 2.25. The average molecular weight is 421 g/mol. The summed E-state index contributed by atoms with van der Waals surface area (Å²) in [7, 11) is -2.66. The van der Waals surface area contributed by atoms with Crippen LogP contribution < -0.4 is 9.62 Å². The van der Waals surface area contributed by atoms with Crippen LogP contribution in [0.5, 0.6) is 0 Å². The van der Waals surface area contributed by atoms with Crippen molar-refractivity contribution in [2.75, 3.05) is 29.5 Å². The quantitative estimate of drug-likeness (QED) is 0.411. The van der Waals surface area contributed by atoms with Crippen molar-refractivity contribution in [1.29, 1.82) is 0 Å². The lowest BCUT2D eigenvalue weighted by Crippen LogP contribution is -2.38. The highest BCUT2D eigenvalue weighted by molar-refractivity contribution is 7.92. The van der Waals surface area contributed by atoms with Crippen LogP contribution in [-0.2, 0) is 19.6 Å². The topological polar surface area (TPSA) is 136 Å². The van der Waals surface area contributed by atoms with E-state index >= 15 is 0 Å². The van der Waals surface area contributed by atoms with Gasteiger partial charge in [0.15, 0.2) is 0 Å². The summed E-state index contributed by atoms with van der Waals surface area (Å²) in [4.78, 5) is 34.4. The van der Waals surface area contributed by atoms with Gasteiger partial charge < -0.3 is 10.1 Å². The minimum Gasteiger partial charge on any atom is -0.465 e. The van der Waals surface area contributed by atoms with Crippen molar-refractivity contribution >= 4 is 39.0 Å². The first kappa shape index (κ1) is 21.8. The van der Waals surface area contributed by atoms with E-state index in [9.17, 15) is 28.1 Å². The van der Waals surface area contributed by atoms with Gasteiger partial charge in [-0.3, -0.25) is 19.2 Å². The Bertz CT molecular complexity index is 1050. The van der Waals surface area contributed by atoms with Crippen LogP contribution in [0.25, 0.3) is 0 Å². The van der Waals surface area contributed by atoms with Crippen molar-refractivity contribution in [2.24, 2.45) is 0 Å². The number of anilines is 2. The normalized spacial score (nSPS) is 10.9. The number of hydrogen-bond donors (Lipinski definition) is 1. The van der Waals surface area contributed by atoms with Crippen LogP contribution in [0.3, 0.4) is 0 Å². The van der Waals surface area contributed by atoms with Gasteiger partial charge in [0.2, 0.25) is 15.9 Å². The van der Waals surface area contributed by atoms with Gasteiger partial charge in [0.1, 0.15) is 6.54 Å². The van der Waals surface area contributed by atoms with E-state index < -0.39 is 33.4 Å². The standard InChI is InChI=1S/C18H19N3O7S/c1-12-15(5-4-6-16(12)21(24)25)20(29(3,26)27)11-17(22)19-14-9-7-13(8-10-14)18(23)28-2/h4-10H,11H2,1-3H3,(H,19,22). The molecule has 0 heterocycles. The van der Waals surface area contributed by atoms with Gasteiger partial charge in [-0.25, -0.2) is 13.2 Å². The Hall–Kier alpha value is -3.47. The molecular formula is C18H19N3O7S. The van der Waals surface area contributed by atoms with Gasteiger partial charge in [-0.1, -0.05) is 6.07 Å². The number of sulfonamides is 1. The number of nitro benzene ring substituents is 1. The number of esters is 1. The zero-order valence-electron chi connectivity index (χ0n) is 15.9. The SMILES string of the molecule is COC(=O)c1ccc(NC(=O)CN(c2cccc([N+](=O)[O-])c2C)S(C)(=O)=O)cc1. The van der Waals surface area contributed by atoms with Gasteiger partial charge in [-0.15, -0.1) is 0 Å². The lowest BCUT2D eigenvalue weighted by atomic mass is 10.1. The van der Waals surface area contributed by atoms with Gasteiger partial charge >= 0.3 is 5.97 Å². The molecule has 0 unspecified atom stereocenters. The number of nitrogens with zero attached hydrogens (tertiary/aromatic N) is 2. The molecule has 2 aromatic carbocycles. The third-order valence-electron chi connectivity index (χ3n) is 4.02. The molecular weight excluding hydrogens is 402 g/mol. The molecule has 0 saturated carbocycles. The number of carbonyl (C=O) groups excluding carboxylic acids is 2. The molecule has 0 bridgehead atoms. The number of hydrogen-bond acceptors (Lipinski definition) is 7. The summed E-state index contributed by atoms with van der Waals surface area (Å²) in [6.07, 6.45) is 0.906. The molecule has 0 saturated heterocycles. The molecule has 11 heteroatoms. The Morgan fingerprint density at radius 1 is 1.17 bits per heavy atom. The van der Waals surface area contributed by atoms with Crippen molar-refractivity contribution in [3.05, 3.63) is 63.7 Å². The fourth-order valence-electron chi connectivity index (χ4n) is 2.60. The molecule has 1 amide bonds. The van der Waals surface area contributed by atoms with Crippen molar-refractivity contribution in [1.82, 2.24) is 0 Å². The molecule has 0 aliphatic rings. The highest BCUT2D eigenvalue weighted by Crippen LogP contribution is 2.29. The van der Waals surface area contributed by atoms with Crippen LogP contribution in [-0.4, -0.2) is 45.1 Å². The Morgan fingerprint density at radius 3 is 2.31 bits per heavy atom. The van der Waals surface area contributed by atoms with Gasteiger partial charge in [-0.2, -0.15) is 0 Å². The molecule has 0 fully saturated rings. The molecule has 2 rings (SSSR count). The van der Waals surface area contributed by atoms with Crippen molar-refractivity contribution in [3.8, 4) is 0 Å². The molecule has 0 aliphatic carbocycles. The first-order chi connectivity index (χ1) is 13.5. The Morgan fingerprint density at radius 2 is 1.79 bits per heavy atom. The minimum absolute atomic E-state index is 0.0397. The monoisotopic (exact) mass is 421 g/mol. The van der Waals surface area contributed by atoms with Gasteiger partial charge in [-0.05, 0) is 37.3 Å². The maximum Gasteiger partial charge on any atom is 0.337 e. The molecule has 0 aliphatic heterocycles. The third-order valence-corrected chi connectivity index (χ3v) is 5.15. The Kier molecular flexibility index (Phi) is 6.54. The molecule has 2 aromatic rings. The zero-order valence-corrected chi connectivity index (χ0v) is 16.7. The van der Waals surface area contributed by atoms with E-state index in [1.807, 2.05) is 0 Å². The molecule has 154 valence electrons. The second-order valence-electron chi connectivity index (χ2n) is 6.07. The largest absolute Gasteiger partial charge is 0.465 e. The Balaban J connectivity index is 2.26. The fourth-order valence-corrected chi connectivity index (χ4v) is 3.51. The minimum atomic E-state index is -3.90. The van der Waals surface area contributed by atoms with E-state index in [-0.39, 0.29) is 22.5 Å². The predicted molar refractivity (Wildman–Crippen MR) is 106 cm³/mol. The van der Waals surface area contributed by atoms with Crippen LogP contribution in [0.2, 0.25) is 0 Å². The summed E-state index contributed by atoms with van der Waals surface area (Å²) < 4.78 is 29.8. The Labute approximate surface area is 167 Å². The summed E-state index contributed by atoms with van der Waals surface area (Å²) in [6.45, 7) is 0.828. The molecule has 0 spiro atoms.